The van der Waals surface area contributed by atoms with E-state index in [-0.39, 0.29) is 5.56 Å². The minimum absolute atomic E-state index is 0.0566. The first kappa shape index (κ1) is 27.6. The van der Waals surface area contributed by atoms with Crippen molar-refractivity contribution < 1.29 is 0 Å². The van der Waals surface area contributed by atoms with Crippen LogP contribution in [0.3, 0.4) is 0 Å². The highest BCUT2D eigenvalue weighted by Gasteiger charge is 2.55. The van der Waals surface area contributed by atoms with Crippen LogP contribution in [-0.2, 0) is 13.0 Å². The molecule has 2 aliphatic carbocycles. The number of guanidine groups is 1. The van der Waals surface area contributed by atoms with E-state index >= 15 is 0 Å². The summed E-state index contributed by atoms with van der Waals surface area (Å²) in [5, 5.41) is 8.87. The van der Waals surface area contributed by atoms with Gasteiger partial charge in [-0.3, -0.25) is 9.36 Å². The number of fused-ring (bicyclic) bond motifs is 1. The molecule has 3 aliphatic rings. The van der Waals surface area contributed by atoms with Crippen molar-refractivity contribution in [3.63, 3.8) is 0 Å². The number of hydrogen-bond acceptors (Lipinski definition) is 4. The fourth-order valence-corrected chi connectivity index (χ4v) is 6.96. The Hall–Kier alpha value is -2.61. The predicted molar refractivity (Wildman–Crippen MR) is 165 cm³/mol. The normalized spacial score (nSPS) is 23.9. The molecule has 2 N–H and O–H groups in total. The molecule has 1 saturated heterocycles. The second-order valence-corrected chi connectivity index (χ2v) is 12.7. The molecule has 2 heterocycles. The quantitative estimate of drug-likeness (QED) is 0.277. The molecule has 6 rings (SSSR count). The number of anilines is 1. The van der Waals surface area contributed by atoms with Crippen molar-refractivity contribution >= 4 is 45.8 Å². The maximum Gasteiger partial charge on any atom is 0.261 e. The topological polar surface area (TPSA) is 74.5 Å². The van der Waals surface area contributed by atoms with Crippen molar-refractivity contribution in [1.29, 1.82) is 0 Å². The Labute approximate surface area is 246 Å². The average molecular weight is 582 g/mol. The number of hydrogen-bond donors (Lipinski definition) is 2. The summed E-state index contributed by atoms with van der Waals surface area (Å²) in [6.07, 6.45) is 10.2. The zero-order valence-electron chi connectivity index (χ0n) is 23.1. The predicted octanol–water partition coefficient (Wildman–Crippen LogP) is 5.98. The van der Waals surface area contributed by atoms with Crippen molar-refractivity contribution in [3.8, 4) is 0 Å². The molecule has 0 bridgehead atoms. The number of aromatic nitrogens is 2. The summed E-state index contributed by atoms with van der Waals surface area (Å²) in [6, 6.07) is 11.6. The number of benzene rings is 2. The third-order valence-corrected chi connectivity index (χ3v) is 9.77. The van der Waals surface area contributed by atoms with Crippen LogP contribution in [0.2, 0.25) is 10.0 Å². The molecule has 1 aromatic heterocycles. The molecule has 2 saturated carbocycles. The zero-order chi connectivity index (χ0) is 27.7. The van der Waals surface area contributed by atoms with E-state index in [9.17, 15) is 4.79 Å². The van der Waals surface area contributed by atoms with Crippen LogP contribution in [0, 0.1) is 11.3 Å². The molecule has 2 unspecified atom stereocenters. The molecule has 9 heteroatoms. The standard InChI is InChI=1S/C31H38Cl2N6O/c1-31(22-5-3-2-4-6-22)19-28(31)37-30(38-15-12-34-13-16-38)36-24-9-10-25-27(18-24)35-20-39(29(25)40)14-11-21-7-8-23(32)17-26(21)33/h7-10,17-18,20,22,28,34H,2-6,11-16,19H2,1H3,(H,36,37). The van der Waals surface area contributed by atoms with Crippen LogP contribution in [0.25, 0.3) is 10.9 Å². The minimum Gasteiger partial charge on any atom is -0.340 e. The van der Waals surface area contributed by atoms with Crippen LogP contribution in [0.4, 0.5) is 5.69 Å². The molecule has 40 heavy (non-hydrogen) atoms. The average Bonchev–Trinajstić information content (AvgIpc) is 3.64. The molecule has 3 aromatic rings. The van der Waals surface area contributed by atoms with Gasteiger partial charge >= 0.3 is 0 Å². The summed E-state index contributed by atoms with van der Waals surface area (Å²) < 4.78 is 1.65. The van der Waals surface area contributed by atoms with E-state index in [0.29, 0.717) is 45.4 Å². The Morgan fingerprint density at radius 2 is 1.93 bits per heavy atom. The van der Waals surface area contributed by atoms with Crippen molar-refractivity contribution in [1.82, 2.24) is 19.8 Å². The molecule has 0 spiro atoms. The highest BCUT2D eigenvalue weighted by molar-refractivity contribution is 6.35. The van der Waals surface area contributed by atoms with E-state index in [1.165, 1.54) is 38.5 Å². The van der Waals surface area contributed by atoms with E-state index in [1.54, 1.807) is 17.0 Å². The van der Waals surface area contributed by atoms with Crippen LogP contribution < -0.4 is 16.2 Å². The first-order chi connectivity index (χ1) is 19.4. The largest absolute Gasteiger partial charge is 0.340 e. The van der Waals surface area contributed by atoms with Crippen LogP contribution in [-0.4, -0.2) is 52.6 Å². The van der Waals surface area contributed by atoms with Crippen molar-refractivity contribution in [2.24, 2.45) is 16.3 Å². The molecule has 3 fully saturated rings. The number of aryl methyl sites for hydroxylation is 2. The maximum absolute atomic E-state index is 13.3. The summed E-state index contributed by atoms with van der Waals surface area (Å²) in [6.45, 7) is 6.68. The number of aliphatic imine (C=N–C) groups is 1. The van der Waals surface area contributed by atoms with Crippen LogP contribution >= 0.6 is 23.2 Å². The number of piperazine rings is 1. The van der Waals surface area contributed by atoms with Gasteiger partial charge in [-0.05, 0) is 72.9 Å². The van der Waals surface area contributed by atoms with Gasteiger partial charge in [0, 0.05) is 48.5 Å². The van der Waals surface area contributed by atoms with Gasteiger partial charge < -0.3 is 15.5 Å². The second-order valence-electron chi connectivity index (χ2n) is 11.8. The van der Waals surface area contributed by atoms with E-state index < -0.39 is 0 Å². The molecule has 1 aliphatic heterocycles. The summed E-state index contributed by atoms with van der Waals surface area (Å²) in [5.41, 5.74) is 2.80. The van der Waals surface area contributed by atoms with Crippen LogP contribution in [0.15, 0.2) is 52.5 Å². The summed E-state index contributed by atoms with van der Waals surface area (Å²) in [7, 11) is 0. The summed E-state index contributed by atoms with van der Waals surface area (Å²) in [4.78, 5) is 25.6. The van der Waals surface area contributed by atoms with Gasteiger partial charge in [0.25, 0.3) is 5.56 Å². The summed E-state index contributed by atoms with van der Waals surface area (Å²) >= 11 is 12.3. The fourth-order valence-electron chi connectivity index (χ4n) is 6.46. The number of nitrogens with zero attached hydrogens (tertiary/aromatic N) is 4. The summed E-state index contributed by atoms with van der Waals surface area (Å²) in [5.74, 6) is 1.74. The Bertz CT molecular complexity index is 1460. The van der Waals surface area contributed by atoms with E-state index in [4.69, 9.17) is 28.2 Å². The van der Waals surface area contributed by atoms with Gasteiger partial charge in [-0.2, -0.15) is 0 Å². The Morgan fingerprint density at radius 3 is 2.70 bits per heavy atom. The monoisotopic (exact) mass is 580 g/mol. The molecular weight excluding hydrogens is 543 g/mol. The molecular formula is C31H38Cl2N6O. The molecule has 212 valence electrons. The number of nitrogens with one attached hydrogen (secondary N) is 2. The highest BCUT2D eigenvalue weighted by atomic mass is 35.5. The van der Waals surface area contributed by atoms with Gasteiger partial charge in [-0.15, -0.1) is 0 Å². The Balaban J connectivity index is 1.20. The van der Waals surface area contributed by atoms with Crippen LogP contribution in [0.5, 0.6) is 0 Å². The Kier molecular flexibility index (Phi) is 8.07. The lowest BCUT2D eigenvalue weighted by Crippen LogP contribution is -2.49. The molecule has 7 nitrogen and oxygen atoms in total. The SMILES string of the molecule is CC1(C2CCCCC2)CC1N=C(Nc1ccc2c(=O)n(CCc3ccc(Cl)cc3Cl)cnc2c1)N1CCNCC1. The van der Waals surface area contributed by atoms with Crippen LogP contribution in [0.1, 0.15) is 51.0 Å². The lowest BCUT2D eigenvalue weighted by molar-refractivity contribution is 0.238. The van der Waals surface area contributed by atoms with Gasteiger partial charge in [0.05, 0.1) is 23.3 Å². The highest BCUT2D eigenvalue weighted by Crippen LogP contribution is 2.58. The molecule has 0 radical (unpaired) electrons. The third kappa shape index (κ3) is 5.88. The van der Waals surface area contributed by atoms with Gasteiger partial charge in [-0.1, -0.05) is 55.5 Å². The smallest absolute Gasteiger partial charge is 0.261 e. The first-order valence-electron chi connectivity index (χ1n) is 14.6. The van der Waals surface area contributed by atoms with E-state index in [1.807, 2.05) is 30.3 Å². The minimum atomic E-state index is -0.0566. The number of rotatable bonds is 6. The lowest BCUT2D eigenvalue weighted by Gasteiger charge is -2.32. The van der Waals surface area contributed by atoms with E-state index in [2.05, 4.69) is 27.4 Å². The Morgan fingerprint density at radius 1 is 1.12 bits per heavy atom. The van der Waals surface area contributed by atoms with Crippen molar-refractivity contribution in [3.05, 3.63) is 68.7 Å². The van der Waals surface area contributed by atoms with Gasteiger partial charge in [0.15, 0.2) is 5.96 Å². The number of halogens is 2. The zero-order valence-corrected chi connectivity index (χ0v) is 24.6. The van der Waals surface area contributed by atoms with Crippen molar-refractivity contribution in [2.75, 3.05) is 31.5 Å². The molecule has 2 aromatic carbocycles. The van der Waals surface area contributed by atoms with Crippen molar-refractivity contribution in [2.45, 2.75) is 64.5 Å². The second kappa shape index (κ2) is 11.7. The molecule has 2 atom stereocenters. The van der Waals surface area contributed by atoms with Gasteiger partial charge in [0.1, 0.15) is 0 Å². The first-order valence-corrected chi connectivity index (χ1v) is 15.4. The lowest BCUT2D eigenvalue weighted by atomic mass is 9.78. The third-order valence-electron chi connectivity index (χ3n) is 9.19. The van der Waals surface area contributed by atoms with Gasteiger partial charge in [-0.25, -0.2) is 9.98 Å². The fraction of sp³-hybridized carbons (Fsp3) is 0.516. The van der Waals surface area contributed by atoms with E-state index in [0.717, 1.165) is 49.3 Å². The maximum atomic E-state index is 13.3. The van der Waals surface area contributed by atoms with Gasteiger partial charge in [0.2, 0.25) is 0 Å². The molecule has 0 amide bonds.